The zero-order valence-electron chi connectivity index (χ0n) is 11.9. The van der Waals surface area contributed by atoms with Gasteiger partial charge in [-0.05, 0) is 25.7 Å². The van der Waals surface area contributed by atoms with Crippen LogP contribution in [0.25, 0.3) is 0 Å². The second-order valence-corrected chi connectivity index (χ2v) is 8.19. The summed E-state index contributed by atoms with van der Waals surface area (Å²) in [5.41, 5.74) is 0.410. The molecule has 0 bridgehead atoms. The first kappa shape index (κ1) is 16.5. The standard InChI is InChI=1S/C12H21ClN2O3S/c1-8-11(9(2)18-15-8)19(16,17)14-7-10(13)6-12(3,4)5/h10,14H,6-7H2,1-5H3. The number of aromatic nitrogens is 1. The number of rotatable bonds is 5. The van der Waals surface area contributed by atoms with Crippen LogP contribution in [0.15, 0.2) is 9.42 Å². The van der Waals surface area contributed by atoms with Crippen LogP contribution in [0.5, 0.6) is 0 Å². The maximum Gasteiger partial charge on any atom is 0.246 e. The Morgan fingerprint density at radius 3 is 2.37 bits per heavy atom. The van der Waals surface area contributed by atoms with E-state index < -0.39 is 10.0 Å². The number of hydrogen-bond donors (Lipinski definition) is 1. The molecule has 0 aliphatic carbocycles. The summed E-state index contributed by atoms with van der Waals surface area (Å²) in [7, 11) is -3.62. The van der Waals surface area contributed by atoms with E-state index in [9.17, 15) is 8.42 Å². The first-order valence-electron chi connectivity index (χ1n) is 6.09. The summed E-state index contributed by atoms with van der Waals surface area (Å²) < 4.78 is 31.6. The van der Waals surface area contributed by atoms with Gasteiger partial charge in [-0.2, -0.15) is 0 Å². The minimum Gasteiger partial charge on any atom is -0.360 e. The fraction of sp³-hybridized carbons (Fsp3) is 0.750. The van der Waals surface area contributed by atoms with Crippen LogP contribution < -0.4 is 4.72 Å². The summed E-state index contributed by atoms with van der Waals surface area (Å²) in [6.07, 6.45) is 0.721. The number of nitrogens with zero attached hydrogens (tertiary/aromatic N) is 1. The minimum absolute atomic E-state index is 0.0564. The fourth-order valence-electron chi connectivity index (χ4n) is 1.87. The van der Waals surface area contributed by atoms with Crippen LogP contribution in [0.2, 0.25) is 0 Å². The maximum absolute atomic E-state index is 12.1. The van der Waals surface area contributed by atoms with Crippen LogP contribution in [-0.2, 0) is 10.0 Å². The topological polar surface area (TPSA) is 72.2 Å². The van der Waals surface area contributed by atoms with Crippen LogP contribution in [-0.4, -0.2) is 25.5 Å². The Labute approximate surface area is 119 Å². The number of alkyl halides is 1. The third kappa shape index (κ3) is 4.78. The van der Waals surface area contributed by atoms with E-state index in [1.54, 1.807) is 13.8 Å². The van der Waals surface area contributed by atoms with Gasteiger partial charge >= 0.3 is 0 Å². The molecule has 1 unspecified atom stereocenters. The molecular formula is C12H21ClN2O3S. The molecular weight excluding hydrogens is 288 g/mol. The van der Waals surface area contributed by atoms with E-state index in [2.05, 4.69) is 30.6 Å². The molecule has 0 aliphatic heterocycles. The van der Waals surface area contributed by atoms with Crippen molar-refractivity contribution in [2.75, 3.05) is 6.54 Å². The van der Waals surface area contributed by atoms with Crippen LogP contribution >= 0.6 is 11.6 Å². The van der Waals surface area contributed by atoms with E-state index in [1.165, 1.54) is 0 Å². The van der Waals surface area contributed by atoms with E-state index in [4.69, 9.17) is 16.1 Å². The Morgan fingerprint density at radius 2 is 1.95 bits per heavy atom. The average Bonchev–Trinajstić information content (AvgIpc) is 2.54. The lowest BCUT2D eigenvalue weighted by Gasteiger charge is -2.21. The largest absolute Gasteiger partial charge is 0.360 e. The number of halogens is 1. The van der Waals surface area contributed by atoms with Crippen LogP contribution in [0.3, 0.4) is 0 Å². The zero-order valence-corrected chi connectivity index (χ0v) is 13.5. The highest BCUT2D eigenvalue weighted by Crippen LogP contribution is 2.24. The molecule has 0 saturated carbocycles. The third-order valence-electron chi connectivity index (χ3n) is 2.57. The molecule has 0 spiro atoms. The lowest BCUT2D eigenvalue weighted by molar-refractivity contribution is 0.369. The van der Waals surface area contributed by atoms with Crippen molar-refractivity contribution in [3.8, 4) is 0 Å². The molecule has 1 heterocycles. The van der Waals surface area contributed by atoms with Gasteiger partial charge in [0.15, 0.2) is 5.76 Å². The summed E-state index contributed by atoms with van der Waals surface area (Å²) in [5.74, 6) is 0.284. The van der Waals surface area contributed by atoms with Gasteiger partial charge in [-0.25, -0.2) is 13.1 Å². The molecule has 19 heavy (non-hydrogen) atoms. The summed E-state index contributed by atoms with van der Waals surface area (Å²) in [6, 6.07) is 0. The van der Waals surface area contributed by atoms with E-state index in [1.807, 2.05) is 0 Å². The van der Waals surface area contributed by atoms with Gasteiger partial charge in [-0.15, -0.1) is 11.6 Å². The van der Waals surface area contributed by atoms with Crippen molar-refractivity contribution < 1.29 is 12.9 Å². The molecule has 110 valence electrons. The first-order valence-corrected chi connectivity index (χ1v) is 8.01. The van der Waals surface area contributed by atoms with Gasteiger partial charge in [0.25, 0.3) is 0 Å². The van der Waals surface area contributed by atoms with Crippen molar-refractivity contribution in [2.24, 2.45) is 5.41 Å². The van der Waals surface area contributed by atoms with Crippen molar-refractivity contribution in [3.63, 3.8) is 0 Å². The normalized spacial score (nSPS) is 14.6. The Hall–Kier alpha value is -0.590. The molecule has 0 aromatic carbocycles. The number of nitrogens with one attached hydrogen (secondary N) is 1. The average molecular weight is 309 g/mol. The SMILES string of the molecule is Cc1noc(C)c1S(=O)(=O)NCC(Cl)CC(C)(C)C. The molecule has 0 amide bonds. The maximum atomic E-state index is 12.1. The Balaban J connectivity index is 2.72. The number of aryl methyl sites for hydroxylation is 2. The Bertz CT molecular complexity index is 512. The van der Waals surface area contributed by atoms with E-state index >= 15 is 0 Å². The molecule has 0 aliphatic rings. The van der Waals surface area contributed by atoms with Crippen molar-refractivity contribution in [2.45, 2.75) is 51.3 Å². The summed E-state index contributed by atoms with van der Waals surface area (Å²) in [4.78, 5) is 0.104. The molecule has 5 nitrogen and oxygen atoms in total. The molecule has 0 saturated heterocycles. The van der Waals surface area contributed by atoms with Gasteiger partial charge in [0.1, 0.15) is 10.6 Å². The quantitative estimate of drug-likeness (QED) is 0.849. The minimum atomic E-state index is -3.62. The van der Waals surface area contributed by atoms with Crippen molar-refractivity contribution in [1.29, 1.82) is 0 Å². The van der Waals surface area contributed by atoms with Crippen LogP contribution in [0.4, 0.5) is 0 Å². The molecule has 1 aromatic rings. The number of sulfonamides is 1. The summed E-state index contributed by atoms with van der Waals surface area (Å²) in [6.45, 7) is 9.53. The highest BCUT2D eigenvalue weighted by atomic mass is 35.5. The molecule has 7 heteroatoms. The van der Waals surface area contributed by atoms with E-state index in [-0.39, 0.29) is 28.0 Å². The van der Waals surface area contributed by atoms with Gasteiger partial charge in [0.05, 0.1) is 0 Å². The molecule has 1 atom stereocenters. The second kappa shape index (κ2) is 5.81. The number of hydrogen-bond acceptors (Lipinski definition) is 4. The molecule has 0 fully saturated rings. The zero-order chi connectivity index (χ0) is 14.8. The van der Waals surface area contributed by atoms with Gasteiger partial charge in [0, 0.05) is 11.9 Å². The van der Waals surface area contributed by atoms with Crippen LogP contribution in [0.1, 0.15) is 38.6 Å². The van der Waals surface area contributed by atoms with Crippen molar-refractivity contribution in [3.05, 3.63) is 11.5 Å². The van der Waals surface area contributed by atoms with Gasteiger partial charge in [-0.1, -0.05) is 25.9 Å². The predicted octanol–water partition coefficient (Wildman–Crippen LogP) is 2.61. The van der Waals surface area contributed by atoms with Crippen molar-refractivity contribution >= 4 is 21.6 Å². The Morgan fingerprint density at radius 1 is 1.37 bits per heavy atom. The highest BCUT2D eigenvalue weighted by molar-refractivity contribution is 7.89. The van der Waals surface area contributed by atoms with Gasteiger partial charge < -0.3 is 4.52 Å². The lowest BCUT2D eigenvalue weighted by atomic mass is 9.90. The monoisotopic (exact) mass is 308 g/mol. The molecule has 1 rings (SSSR count). The van der Waals surface area contributed by atoms with Crippen molar-refractivity contribution in [1.82, 2.24) is 9.88 Å². The third-order valence-corrected chi connectivity index (χ3v) is 4.54. The van der Waals surface area contributed by atoms with Gasteiger partial charge in [-0.3, -0.25) is 0 Å². The van der Waals surface area contributed by atoms with E-state index in [0.717, 1.165) is 6.42 Å². The first-order chi connectivity index (χ1) is 8.53. The van der Waals surface area contributed by atoms with E-state index in [0.29, 0.717) is 5.69 Å². The second-order valence-electron chi connectivity index (χ2n) is 5.87. The predicted molar refractivity (Wildman–Crippen MR) is 74.9 cm³/mol. The summed E-state index contributed by atoms with van der Waals surface area (Å²) >= 11 is 6.15. The lowest BCUT2D eigenvalue weighted by Crippen LogP contribution is -2.32. The molecule has 1 aromatic heterocycles. The smallest absolute Gasteiger partial charge is 0.246 e. The van der Waals surface area contributed by atoms with Crippen LogP contribution in [0, 0.1) is 19.3 Å². The molecule has 0 radical (unpaired) electrons. The van der Waals surface area contributed by atoms with Gasteiger partial charge in [0.2, 0.25) is 10.0 Å². The molecule has 1 N–H and O–H groups in total. The Kier molecular flexibility index (Phi) is 5.03. The fourth-order valence-corrected chi connectivity index (χ4v) is 3.91. The highest BCUT2D eigenvalue weighted by Gasteiger charge is 2.25. The summed E-state index contributed by atoms with van der Waals surface area (Å²) in [5, 5.41) is 3.39.